The van der Waals surface area contributed by atoms with Gasteiger partial charge in [0.1, 0.15) is 6.61 Å². The van der Waals surface area contributed by atoms with Crippen molar-refractivity contribution in [2.75, 3.05) is 11.4 Å². The Labute approximate surface area is 206 Å². The number of benzodiazepines with no additional fused rings is 1. The van der Waals surface area contributed by atoms with E-state index in [9.17, 15) is 14.4 Å². The Hall–Kier alpha value is -3.48. The fraction of sp³-hybridized carbons (Fsp3) is 0.429. The number of alkyl carbamates (subject to hydrolysis) is 1. The Morgan fingerprint density at radius 3 is 2.51 bits per heavy atom. The maximum atomic E-state index is 13.7. The predicted octanol–water partition coefficient (Wildman–Crippen LogP) is 4.94. The highest BCUT2D eigenvalue weighted by Crippen LogP contribution is 2.32. The summed E-state index contributed by atoms with van der Waals surface area (Å²) in [4.78, 5) is 45.7. The van der Waals surface area contributed by atoms with Gasteiger partial charge < -0.3 is 9.64 Å². The Kier molecular flexibility index (Phi) is 7.95. The minimum atomic E-state index is -1.17. The topological polar surface area (TPSA) is 88.1 Å². The molecule has 0 spiro atoms. The van der Waals surface area contributed by atoms with Gasteiger partial charge in [-0.2, -0.15) is 0 Å². The van der Waals surface area contributed by atoms with Crippen LogP contribution in [0.1, 0.15) is 62.1 Å². The summed E-state index contributed by atoms with van der Waals surface area (Å²) < 4.78 is 5.34. The molecule has 0 unspecified atom stereocenters. The molecule has 0 radical (unpaired) electrons. The van der Waals surface area contributed by atoms with E-state index in [1.807, 2.05) is 62.4 Å². The van der Waals surface area contributed by atoms with Crippen molar-refractivity contribution in [3.05, 3.63) is 65.2 Å². The molecule has 1 fully saturated rings. The van der Waals surface area contributed by atoms with Gasteiger partial charge in [0.15, 0.2) is 5.78 Å². The van der Waals surface area contributed by atoms with E-state index in [0.717, 1.165) is 48.8 Å². The molecule has 1 heterocycles. The monoisotopic (exact) mass is 475 g/mol. The Morgan fingerprint density at radius 1 is 1.06 bits per heavy atom. The molecule has 184 valence electrons. The Bertz CT molecular complexity index is 1110. The lowest BCUT2D eigenvalue weighted by Crippen LogP contribution is -2.49. The van der Waals surface area contributed by atoms with Crippen molar-refractivity contribution in [2.45, 2.75) is 65.1 Å². The molecule has 1 N–H and O–H groups in total. The van der Waals surface area contributed by atoms with Crippen LogP contribution in [-0.2, 0) is 20.9 Å². The summed E-state index contributed by atoms with van der Waals surface area (Å²) >= 11 is 0. The zero-order valence-electron chi connectivity index (χ0n) is 20.5. The first kappa shape index (κ1) is 24.6. The number of amides is 2. The van der Waals surface area contributed by atoms with Gasteiger partial charge in [-0.1, -0.05) is 74.7 Å². The summed E-state index contributed by atoms with van der Waals surface area (Å²) in [5.74, 6) is -0.386. The zero-order chi connectivity index (χ0) is 24.8. The van der Waals surface area contributed by atoms with Crippen LogP contribution >= 0.6 is 0 Å². The second-order valence-electron chi connectivity index (χ2n) is 9.23. The molecule has 2 aromatic rings. The van der Waals surface area contributed by atoms with Gasteiger partial charge in [0.05, 0.1) is 12.2 Å². The van der Waals surface area contributed by atoms with Crippen molar-refractivity contribution in [3.8, 4) is 0 Å². The van der Waals surface area contributed by atoms with Crippen LogP contribution in [0.25, 0.3) is 0 Å². The van der Waals surface area contributed by atoms with Crippen molar-refractivity contribution in [1.29, 1.82) is 0 Å². The molecule has 1 atom stereocenters. The van der Waals surface area contributed by atoms with Crippen molar-refractivity contribution >= 4 is 29.2 Å². The Morgan fingerprint density at radius 2 is 1.80 bits per heavy atom. The number of ketones is 1. The molecule has 0 aromatic heterocycles. The summed E-state index contributed by atoms with van der Waals surface area (Å²) in [6.07, 6.45) is 3.65. The number of rotatable bonds is 7. The summed E-state index contributed by atoms with van der Waals surface area (Å²) in [5, 5.41) is 2.63. The molecule has 1 aliphatic heterocycles. The van der Waals surface area contributed by atoms with E-state index >= 15 is 0 Å². The van der Waals surface area contributed by atoms with E-state index in [-0.39, 0.29) is 24.9 Å². The number of hydrogen-bond donors (Lipinski definition) is 1. The lowest BCUT2D eigenvalue weighted by atomic mass is 9.86. The van der Waals surface area contributed by atoms with Gasteiger partial charge in [0.25, 0.3) is 5.91 Å². The fourth-order valence-electron chi connectivity index (χ4n) is 4.91. The van der Waals surface area contributed by atoms with Crippen molar-refractivity contribution < 1.29 is 19.1 Å². The van der Waals surface area contributed by atoms with E-state index in [1.165, 1.54) is 4.90 Å². The molecule has 2 amide bonds. The van der Waals surface area contributed by atoms with Crippen LogP contribution in [0.2, 0.25) is 0 Å². The summed E-state index contributed by atoms with van der Waals surface area (Å²) in [7, 11) is 0. The number of nitrogens with zero attached hydrogens (tertiary/aromatic N) is 2. The SMILES string of the molecule is CCC1=N[C@H](NC(=O)OCc2ccccc2)C(=O)N(CC(=O)C2CCCCC2)c2c(C)cccc21. The van der Waals surface area contributed by atoms with Gasteiger partial charge >= 0.3 is 6.09 Å². The highest BCUT2D eigenvalue weighted by Gasteiger charge is 2.35. The third kappa shape index (κ3) is 5.78. The molecule has 0 saturated heterocycles. The van der Waals surface area contributed by atoms with Crippen LogP contribution < -0.4 is 10.2 Å². The molecular weight excluding hydrogens is 442 g/mol. The highest BCUT2D eigenvalue weighted by atomic mass is 16.5. The largest absolute Gasteiger partial charge is 0.445 e. The first-order chi connectivity index (χ1) is 17.0. The lowest BCUT2D eigenvalue weighted by molar-refractivity contribution is -0.126. The first-order valence-electron chi connectivity index (χ1n) is 12.5. The molecule has 2 aromatic carbocycles. The number of nitrogens with one attached hydrogen (secondary N) is 1. The van der Waals surface area contributed by atoms with Crippen LogP contribution in [0.15, 0.2) is 53.5 Å². The maximum Gasteiger partial charge on any atom is 0.409 e. The van der Waals surface area contributed by atoms with E-state index in [4.69, 9.17) is 4.74 Å². The fourth-order valence-corrected chi connectivity index (χ4v) is 4.91. The molecule has 35 heavy (non-hydrogen) atoms. The maximum absolute atomic E-state index is 13.7. The predicted molar refractivity (Wildman–Crippen MR) is 135 cm³/mol. The number of carbonyl (C=O) groups excluding carboxylic acids is 3. The van der Waals surface area contributed by atoms with E-state index in [1.54, 1.807) is 0 Å². The second-order valence-corrected chi connectivity index (χ2v) is 9.23. The van der Waals surface area contributed by atoms with Crippen LogP contribution in [0.5, 0.6) is 0 Å². The number of aliphatic imine (C=N–C) groups is 1. The molecule has 4 rings (SSSR count). The molecule has 1 aliphatic carbocycles. The van der Waals surface area contributed by atoms with Gasteiger partial charge in [-0.3, -0.25) is 19.9 Å². The number of para-hydroxylation sites is 1. The molecule has 1 saturated carbocycles. The number of anilines is 1. The number of fused-ring (bicyclic) bond motifs is 1. The minimum Gasteiger partial charge on any atom is -0.445 e. The van der Waals surface area contributed by atoms with Crippen LogP contribution in [0.3, 0.4) is 0 Å². The normalized spacial score (nSPS) is 18.3. The average molecular weight is 476 g/mol. The minimum absolute atomic E-state index is 0.0227. The van der Waals surface area contributed by atoms with Gasteiger partial charge in [0.2, 0.25) is 6.17 Å². The molecule has 7 nitrogen and oxygen atoms in total. The summed E-state index contributed by atoms with van der Waals surface area (Å²) in [6.45, 7) is 3.95. The third-order valence-electron chi connectivity index (χ3n) is 6.78. The third-order valence-corrected chi connectivity index (χ3v) is 6.78. The average Bonchev–Trinajstić information content (AvgIpc) is 2.99. The molecular formula is C28H33N3O4. The van der Waals surface area contributed by atoms with Gasteiger partial charge in [-0.25, -0.2) is 4.79 Å². The first-order valence-corrected chi connectivity index (χ1v) is 12.5. The van der Waals surface area contributed by atoms with Crippen molar-refractivity contribution in [1.82, 2.24) is 5.32 Å². The molecule has 7 heteroatoms. The quantitative estimate of drug-likeness (QED) is 0.614. The number of Topliss-reactive ketones (excluding diaryl/α,β-unsaturated/α-hetero) is 1. The number of hydrogen-bond acceptors (Lipinski definition) is 5. The van der Waals surface area contributed by atoms with Crippen LogP contribution in [0, 0.1) is 12.8 Å². The highest BCUT2D eigenvalue weighted by molar-refractivity contribution is 6.15. The van der Waals surface area contributed by atoms with Gasteiger partial charge in [-0.05, 0) is 37.3 Å². The van der Waals surface area contributed by atoms with Crippen molar-refractivity contribution in [3.63, 3.8) is 0 Å². The van der Waals surface area contributed by atoms with Crippen LogP contribution in [0.4, 0.5) is 10.5 Å². The summed E-state index contributed by atoms with van der Waals surface area (Å²) in [5.41, 5.74) is 3.96. The molecule has 2 aliphatic rings. The standard InChI is InChI=1S/C28H33N3O4/c1-3-23-22-16-10-11-19(2)25(22)31(17-24(32)21-14-8-5-9-15-21)27(33)26(29-23)30-28(34)35-18-20-12-6-4-7-13-20/h4,6-7,10-13,16,21,26H,3,5,8-9,14-15,17-18H2,1-2H3,(H,30,34)/t26-/m1/s1. The molecule has 0 bridgehead atoms. The van der Waals surface area contributed by atoms with E-state index < -0.39 is 18.2 Å². The number of aryl methyl sites for hydroxylation is 1. The lowest BCUT2D eigenvalue weighted by Gasteiger charge is -2.29. The van der Waals surface area contributed by atoms with E-state index in [0.29, 0.717) is 17.8 Å². The number of benzene rings is 2. The summed E-state index contributed by atoms with van der Waals surface area (Å²) in [6, 6.07) is 15.1. The van der Waals surface area contributed by atoms with Crippen LogP contribution in [-0.4, -0.2) is 36.2 Å². The van der Waals surface area contributed by atoms with Gasteiger partial charge in [0, 0.05) is 17.2 Å². The number of carbonyl (C=O) groups is 3. The number of ether oxygens (including phenoxy) is 1. The zero-order valence-corrected chi connectivity index (χ0v) is 20.5. The second kappa shape index (κ2) is 11.3. The van der Waals surface area contributed by atoms with Crippen molar-refractivity contribution in [2.24, 2.45) is 10.9 Å². The van der Waals surface area contributed by atoms with E-state index in [2.05, 4.69) is 10.3 Å². The van der Waals surface area contributed by atoms with Gasteiger partial charge in [-0.15, -0.1) is 0 Å². The smallest absolute Gasteiger partial charge is 0.409 e. The Balaban J connectivity index is 1.59.